The number of halogens is 2. The van der Waals surface area contributed by atoms with Crippen molar-refractivity contribution in [2.45, 2.75) is 32.2 Å². The van der Waals surface area contributed by atoms with Crippen LogP contribution in [0.2, 0.25) is 0 Å². The molecule has 104 valence electrons. The number of carboxylic acid groups (broad SMARTS) is 1. The van der Waals surface area contributed by atoms with Gasteiger partial charge in [0.2, 0.25) is 5.91 Å². The van der Waals surface area contributed by atoms with Crippen molar-refractivity contribution in [2.75, 3.05) is 0 Å². The molecule has 0 spiro atoms. The number of carboxylic acids is 1. The molecule has 0 aliphatic rings. The molecule has 0 unspecified atom stereocenters. The highest BCUT2D eigenvalue weighted by Gasteiger charge is 2.20. The van der Waals surface area contributed by atoms with Gasteiger partial charge in [0.1, 0.15) is 17.7 Å². The first-order valence-electron chi connectivity index (χ1n) is 5.90. The van der Waals surface area contributed by atoms with Crippen LogP contribution in [0.4, 0.5) is 8.78 Å². The minimum absolute atomic E-state index is 0.265. The van der Waals surface area contributed by atoms with Gasteiger partial charge in [-0.1, -0.05) is 19.4 Å². The summed E-state index contributed by atoms with van der Waals surface area (Å²) < 4.78 is 26.6. The average Bonchev–Trinajstić information content (AvgIpc) is 2.33. The standard InChI is InChI=1S/C13H15F2NO3/c1-2-4-11(13(18)19)16-12(17)7-8-9(14)5-3-6-10(8)15/h3,5-6,11H,2,4,7H2,1H3,(H,16,17)(H,18,19)/t11-/m0/s1. The van der Waals surface area contributed by atoms with E-state index >= 15 is 0 Å². The zero-order valence-corrected chi connectivity index (χ0v) is 10.5. The lowest BCUT2D eigenvalue weighted by molar-refractivity contribution is -0.141. The Bertz CT molecular complexity index is 457. The number of aliphatic carboxylic acids is 1. The van der Waals surface area contributed by atoms with Crippen LogP contribution in [-0.4, -0.2) is 23.0 Å². The van der Waals surface area contributed by atoms with Gasteiger partial charge in [-0.3, -0.25) is 4.79 Å². The third-order valence-corrected chi connectivity index (χ3v) is 2.61. The van der Waals surface area contributed by atoms with Gasteiger partial charge in [0.05, 0.1) is 6.42 Å². The predicted octanol–water partition coefficient (Wildman–Crippen LogP) is 1.88. The van der Waals surface area contributed by atoms with Crippen molar-refractivity contribution >= 4 is 11.9 Å². The first-order valence-corrected chi connectivity index (χ1v) is 5.90. The van der Waals surface area contributed by atoms with Gasteiger partial charge in [0, 0.05) is 5.56 Å². The molecule has 1 aromatic carbocycles. The Kier molecular flexibility index (Phi) is 5.41. The van der Waals surface area contributed by atoms with Crippen LogP contribution in [0.1, 0.15) is 25.3 Å². The van der Waals surface area contributed by atoms with Crippen LogP contribution in [0.3, 0.4) is 0 Å². The van der Waals surface area contributed by atoms with Gasteiger partial charge in [-0.25, -0.2) is 13.6 Å². The summed E-state index contributed by atoms with van der Waals surface area (Å²) in [5, 5.41) is 11.1. The van der Waals surface area contributed by atoms with Crippen LogP contribution in [0.5, 0.6) is 0 Å². The van der Waals surface area contributed by atoms with Gasteiger partial charge in [-0.15, -0.1) is 0 Å². The lowest BCUT2D eigenvalue weighted by Gasteiger charge is -2.13. The Labute approximate surface area is 109 Å². The maximum atomic E-state index is 13.3. The number of benzene rings is 1. The third-order valence-electron chi connectivity index (χ3n) is 2.61. The summed E-state index contributed by atoms with van der Waals surface area (Å²) in [6.45, 7) is 1.78. The molecular formula is C13H15F2NO3. The van der Waals surface area contributed by atoms with E-state index in [0.29, 0.717) is 6.42 Å². The molecule has 0 saturated heterocycles. The van der Waals surface area contributed by atoms with Crippen LogP contribution in [0.25, 0.3) is 0 Å². The van der Waals surface area contributed by atoms with E-state index in [1.807, 2.05) is 0 Å². The van der Waals surface area contributed by atoms with Crippen LogP contribution in [0.15, 0.2) is 18.2 Å². The Morgan fingerprint density at radius 1 is 1.32 bits per heavy atom. The summed E-state index contributed by atoms with van der Waals surface area (Å²) in [5.74, 6) is -3.52. The molecule has 0 aliphatic heterocycles. The second-order valence-electron chi connectivity index (χ2n) is 4.12. The second kappa shape index (κ2) is 6.82. The number of hydrogen-bond donors (Lipinski definition) is 2. The molecule has 1 rings (SSSR count). The minimum atomic E-state index is -1.16. The average molecular weight is 271 g/mol. The fourth-order valence-electron chi connectivity index (χ4n) is 1.65. The van der Waals surface area contributed by atoms with Crippen molar-refractivity contribution in [2.24, 2.45) is 0 Å². The van der Waals surface area contributed by atoms with Crippen LogP contribution >= 0.6 is 0 Å². The molecule has 1 aromatic rings. The number of rotatable bonds is 6. The molecular weight excluding hydrogens is 256 g/mol. The quantitative estimate of drug-likeness (QED) is 0.830. The number of amides is 1. The largest absolute Gasteiger partial charge is 0.480 e. The highest BCUT2D eigenvalue weighted by Crippen LogP contribution is 2.12. The molecule has 1 atom stereocenters. The molecule has 0 fully saturated rings. The minimum Gasteiger partial charge on any atom is -0.480 e. The highest BCUT2D eigenvalue weighted by molar-refractivity contribution is 5.84. The van der Waals surface area contributed by atoms with E-state index in [4.69, 9.17) is 5.11 Å². The summed E-state index contributed by atoms with van der Waals surface area (Å²) in [6, 6.07) is 2.26. The molecule has 1 amide bonds. The molecule has 19 heavy (non-hydrogen) atoms. The Morgan fingerprint density at radius 2 is 1.89 bits per heavy atom. The second-order valence-corrected chi connectivity index (χ2v) is 4.12. The fourth-order valence-corrected chi connectivity index (χ4v) is 1.65. The predicted molar refractivity (Wildman–Crippen MR) is 64.5 cm³/mol. The van der Waals surface area contributed by atoms with Crippen molar-refractivity contribution in [1.29, 1.82) is 0 Å². The van der Waals surface area contributed by atoms with Crippen LogP contribution in [-0.2, 0) is 16.0 Å². The zero-order valence-electron chi connectivity index (χ0n) is 10.5. The van der Waals surface area contributed by atoms with Gasteiger partial charge in [0.25, 0.3) is 0 Å². The summed E-state index contributed by atoms with van der Waals surface area (Å²) >= 11 is 0. The SMILES string of the molecule is CCC[C@H](NC(=O)Cc1c(F)cccc1F)C(=O)O. The van der Waals surface area contributed by atoms with Crippen LogP contribution in [0, 0.1) is 11.6 Å². The Balaban J connectivity index is 2.72. The lowest BCUT2D eigenvalue weighted by atomic mass is 10.1. The first-order chi connectivity index (χ1) is 8.95. The molecule has 0 heterocycles. The number of hydrogen-bond acceptors (Lipinski definition) is 2. The maximum Gasteiger partial charge on any atom is 0.326 e. The summed E-state index contributed by atoms with van der Waals surface area (Å²) in [5.41, 5.74) is -0.361. The molecule has 6 heteroatoms. The van der Waals surface area contributed by atoms with Crippen molar-refractivity contribution in [1.82, 2.24) is 5.32 Å². The number of carbonyl (C=O) groups excluding carboxylic acids is 1. The Hall–Kier alpha value is -1.98. The van der Waals surface area contributed by atoms with Crippen molar-refractivity contribution in [3.05, 3.63) is 35.4 Å². The van der Waals surface area contributed by atoms with E-state index < -0.39 is 36.0 Å². The molecule has 0 aliphatic carbocycles. The number of carbonyl (C=O) groups is 2. The first kappa shape index (κ1) is 15.1. The van der Waals surface area contributed by atoms with E-state index in [1.54, 1.807) is 6.92 Å². The topological polar surface area (TPSA) is 66.4 Å². The van der Waals surface area contributed by atoms with Gasteiger partial charge in [-0.2, -0.15) is 0 Å². The smallest absolute Gasteiger partial charge is 0.326 e. The lowest BCUT2D eigenvalue weighted by Crippen LogP contribution is -2.41. The van der Waals surface area contributed by atoms with Gasteiger partial charge in [0.15, 0.2) is 0 Å². The molecule has 0 aromatic heterocycles. The fraction of sp³-hybridized carbons (Fsp3) is 0.385. The molecule has 0 radical (unpaired) electrons. The maximum absolute atomic E-state index is 13.3. The number of nitrogens with one attached hydrogen (secondary N) is 1. The third kappa shape index (κ3) is 4.31. The normalized spacial score (nSPS) is 11.9. The van der Waals surface area contributed by atoms with E-state index in [2.05, 4.69) is 5.32 Å². The van der Waals surface area contributed by atoms with Crippen molar-refractivity contribution < 1.29 is 23.5 Å². The highest BCUT2D eigenvalue weighted by atomic mass is 19.1. The molecule has 0 bridgehead atoms. The van der Waals surface area contributed by atoms with E-state index in [9.17, 15) is 18.4 Å². The molecule has 4 nitrogen and oxygen atoms in total. The van der Waals surface area contributed by atoms with Crippen LogP contribution < -0.4 is 5.32 Å². The summed E-state index contributed by atoms with van der Waals surface area (Å²) in [4.78, 5) is 22.4. The Morgan fingerprint density at radius 3 is 2.37 bits per heavy atom. The zero-order chi connectivity index (χ0) is 14.4. The van der Waals surface area contributed by atoms with E-state index in [0.717, 1.165) is 12.1 Å². The molecule has 2 N–H and O–H groups in total. The van der Waals surface area contributed by atoms with Gasteiger partial charge < -0.3 is 10.4 Å². The summed E-state index contributed by atoms with van der Waals surface area (Å²) in [7, 11) is 0. The van der Waals surface area contributed by atoms with E-state index in [-0.39, 0.29) is 12.0 Å². The van der Waals surface area contributed by atoms with Crippen molar-refractivity contribution in [3.8, 4) is 0 Å². The summed E-state index contributed by atoms with van der Waals surface area (Å²) in [6.07, 6.45) is 0.318. The van der Waals surface area contributed by atoms with Crippen molar-refractivity contribution in [3.63, 3.8) is 0 Å². The molecule has 0 saturated carbocycles. The van der Waals surface area contributed by atoms with Gasteiger partial charge >= 0.3 is 5.97 Å². The monoisotopic (exact) mass is 271 g/mol. The van der Waals surface area contributed by atoms with Gasteiger partial charge in [-0.05, 0) is 18.6 Å². The van der Waals surface area contributed by atoms with E-state index in [1.165, 1.54) is 6.07 Å².